The van der Waals surface area contributed by atoms with Gasteiger partial charge < -0.3 is 13.9 Å². The highest BCUT2D eigenvalue weighted by Crippen LogP contribution is 2.32. The largest absolute Gasteiger partial charge is 0.497 e. The van der Waals surface area contributed by atoms with Crippen molar-refractivity contribution >= 4 is 35.0 Å². The molecule has 0 saturated heterocycles. The molecular weight excluding hydrogens is 524 g/mol. The number of aromatic nitrogens is 1. The molecule has 1 aliphatic rings. The summed E-state index contributed by atoms with van der Waals surface area (Å²) in [5.74, 6) is 1.26. The van der Waals surface area contributed by atoms with E-state index in [0.717, 1.165) is 11.1 Å². The minimum Gasteiger partial charge on any atom is -0.497 e. The zero-order valence-electron chi connectivity index (χ0n) is 21.2. The predicted octanol–water partition coefficient (Wildman–Crippen LogP) is 5.11. The highest BCUT2D eigenvalue weighted by molar-refractivity contribution is 7.07. The molecule has 2 aromatic heterocycles. The first-order chi connectivity index (χ1) is 18.3. The molecular formula is C29H25ClN2O5S. The van der Waals surface area contributed by atoms with Gasteiger partial charge in [-0.3, -0.25) is 9.36 Å². The second kappa shape index (κ2) is 10.5. The maximum atomic E-state index is 13.8. The number of methoxy groups -OCH3 is 1. The molecule has 7 nitrogen and oxygen atoms in total. The molecule has 38 heavy (non-hydrogen) atoms. The summed E-state index contributed by atoms with van der Waals surface area (Å²) in [6.45, 7) is 5.32. The summed E-state index contributed by atoms with van der Waals surface area (Å²) in [5.41, 5.74) is 2.04. The van der Waals surface area contributed by atoms with Gasteiger partial charge in [-0.05, 0) is 62.7 Å². The van der Waals surface area contributed by atoms with E-state index in [1.54, 1.807) is 62.8 Å². The topological polar surface area (TPSA) is 83.0 Å². The Kier molecular flexibility index (Phi) is 7.10. The van der Waals surface area contributed by atoms with Crippen molar-refractivity contribution in [1.29, 1.82) is 0 Å². The van der Waals surface area contributed by atoms with E-state index >= 15 is 0 Å². The molecule has 0 amide bonds. The summed E-state index contributed by atoms with van der Waals surface area (Å²) in [6.07, 6.45) is 1.36. The predicted molar refractivity (Wildman–Crippen MR) is 147 cm³/mol. The molecule has 0 unspecified atom stereocenters. The maximum absolute atomic E-state index is 13.8. The van der Waals surface area contributed by atoms with Gasteiger partial charge in [0.25, 0.3) is 5.56 Å². The third kappa shape index (κ3) is 4.85. The van der Waals surface area contributed by atoms with Crippen molar-refractivity contribution in [3.8, 4) is 17.1 Å². The Morgan fingerprint density at radius 2 is 1.87 bits per heavy atom. The van der Waals surface area contributed by atoms with Crippen LogP contribution in [0.25, 0.3) is 17.4 Å². The first kappa shape index (κ1) is 25.8. The van der Waals surface area contributed by atoms with E-state index < -0.39 is 12.0 Å². The van der Waals surface area contributed by atoms with Crippen molar-refractivity contribution in [2.75, 3.05) is 7.11 Å². The first-order valence-electron chi connectivity index (χ1n) is 12.0. The van der Waals surface area contributed by atoms with Crippen LogP contribution >= 0.6 is 22.9 Å². The monoisotopic (exact) mass is 548 g/mol. The molecule has 0 N–H and O–H groups in total. The molecule has 0 saturated carbocycles. The number of esters is 1. The Bertz CT molecular complexity index is 1730. The zero-order valence-corrected chi connectivity index (χ0v) is 22.8. The number of ether oxygens (including phenoxy) is 2. The van der Waals surface area contributed by atoms with Crippen LogP contribution in [0.3, 0.4) is 0 Å². The van der Waals surface area contributed by atoms with Gasteiger partial charge in [0, 0.05) is 11.6 Å². The molecule has 0 aliphatic carbocycles. The number of allylic oxidation sites excluding steroid dienone is 1. The molecule has 4 aromatic rings. The van der Waals surface area contributed by atoms with Gasteiger partial charge in [0.1, 0.15) is 17.3 Å². The SMILES string of the molecule is COc1ccc([C@H]2C(C(=O)OC(C)C)=C(C)N=c3s/c(=C/c4ccc(-c5ccccc5Cl)o4)c(=O)n32)cc1. The van der Waals surface area contributed by atoms with E-state index in [-0.39, 0.29) is 11.7 Å². The van der Waals surface area contributed by atoms with Crippen LogP contribution in [-0.2, 0) is 9.53 Å². The van der Waals surface area contributed by atoms with Crippen LogP contribution in [0.5, 0.6) is 5.75 Å². The fourth-order valence-corrected chi connectivity index (χ4v) is 5.58. The van der Waals surface area contributed by atoms with E-state index in [9.17, 15) is 9.59 Å². The third-order valence-corrected chi connectivity index (χ3v) is 7.37. The lowest BCUT2D eigenvalue weighted by Gasteiger charge is -2.25. The second-order valence-corrected chi connectivity index (χ2v) is 10.4. The quantitative estimate of drug-likeness (QED) is 0.313. The highest BCUT2D eigenvalue weighted by atomic mass is 35.5. The lowest BCUT2D eigenvalue weighted by Crippen LogP contribution is -2.40. The molecule has 194 valence electrons. The summed E-state index contributed by atoms with van der Waals surface area (Å²) >= 11 is 7.55. The van der Waals surface area contributed by atoms with E-state index in [1.807, 2.05) is 36.4 Å². The summed E-state index contributed by atoms with van der Waals surface area (Å²) in [5, 5.41) is 0.573. The molecule has 2 aromatic carbocycles. The van der Waals surface area contributed by atoms with Crippen molar-refractivity contribution in [2.24, 2.45) is 4.99 Å². The van der Waals surface area contributed by atoms with Crippen LogP contribution in [0.15, 0.2) is 86.1 Å². The molecule has 0 spiro atoms. The van der Waals surface area contributed by atoms with Crippen LogP contribution in [0.1, 0.15) is 38.1 Å². The maximum Gasteiger partial charge on any atom is 0.338 e. The number of thiazole rings is 1. The van der Waals surface area contributed by atoms with Crippen molar-refractivity contribution < 1.29 is 18.7 Å². The van der Waals surface area contributed by atoms with Crippen LogP contribution in [0, 0.1) is 0 Å². The minimum atomic E-state index is -0.708. The smallest absolute Gasteiger partial charge is 0.338 e. The Labute approximate surface area is 227 Å². The average Bonchev–Trinajstić information content (AvgIpc) is 3.47. The molecule has 3 heterocycles. The highest BCUT2D eigenvalue weighted by Gasteiger charge is 2.33. The van der Waals surface area contributed by atoms with Crippen molar-refractivity contribution in [3.63, 3.8) is 0 Å². The number of carbonyl (C=O) groups excluding carboxylic acids is 1. The number of nitrogens with zero attached hydrogens (tertiary/aromatic N) is 2. The number of hydrogen-bond acceptors (Lipinski definition) is 7. The van der Waals surface area contributed by atoms with Crippen molar-refractivity contribution in [3.05, 3.63) is 108 Å². The second-order valence-electron chi connectivity index (χ2n) is 8.99. The molecule has 0 radical (unpaired) electrons. The molecule has 0 fully saturated rings. The van der Waals surface area contributed by atoms with E-state index in [1.165, 1.54) is 11.3 Å². The number of fused-ring (bicyclic) bond motifs is 1. The van der Waals surface area contributed by atoms with Crippen LogP contribution < -0.4 is 19.6 Å². The lowest BCUT2D eigenvalue weighted by atomic mass is 9.96. The standard InChI is InChI=1S/C29H25ClN2O5S/c1-16(2)36-28(34)25-17(3)31-29-32(26(25)18-9-11-19(35-4)12-10-18)27(33)24(38-29)15-20-13-14-23(37-20)21-7-5-6-8-22(21)30/h5-16,26H,1-4H3/b24-15+/t26-/m0/s1. The number of hydrogen-bond donors (Lipinski definition) is 0. The van der Waals surface area contributed by atoms with E-state index in [0.29, 0.717) is 42.9 Å². The summed E-state index contributed by atoms with van der Waals surface area (Å²) in [7, 11) is 1.58. The number of rotatable bonds is 6. The van der Waals surface area contributed by atoms with Gasteiger partial charge in [-0.2, -0.15) is 0 Å². The first-order valence-corrected chi connectivity index (χ1v) is 13.2. The number of carbonyl (C=O) groups is 1. The number of halogens is 1. The van der Waals surface area contributed by atoms with E-state index in [2.05, 4.69) is 4.99 Å². The molecule has 0 bridgehead atoms. The van der Waals surface area contributed by atoms with Gasteiger partial charge in [-0.1, -0.05) is 47.2 Å². The molecule has 1 atom stereocenters. The summed E-state index contributed by atoms with van der Waals surface area (Å²) < 4.78 is 18.8. The minimum absolute atomic E-state index is 0.285. The lowest BCUT2D eigenvalue weighted by molar-refractivity contribution is -0.143. The van der Waals surface area contributed by atoms with Gasteiger partial charge in [0.2, 0.25) is 0 Å². The van der Waals surface area contributed by atoms with E-state index in [4.69, 9.17) is 25.5 Å². The molecule has 1 aliphatic heterocycles. The van der Waals surface area contributed by atoms with Crippen LogP contribution in [0.2, 0.25) is 5.02 Å². The van der Waals surface area contributed by atoms with Gasteiger partial charge in [-0.25, -0.2) is 9.79 Å². The Morgan fingerprint density at radius 3 is 2.55 bits per heavy atom. The normalized spacial score (nSPS) is 15.4. The Hall–Kier alpha value is -3.88. The number of benzene rings is 2. The van der Waals surface area contributed by atoms with Crippen molar-refractivity contribution in [1.82, 2.24) is 4.57 Å². The van der Waals surface area contributed by atoms with Crippen molar-refractivity contribution in [2.45, 2.75) is 32.9 Å². The van der Waals surface area contributed by atoms with Crippen LogP contribution in [0.4, 0.5) is 0 Å². The number of furan rings is 1. The fraction of sp³-hybridized carbons (Fsp3) is 0.207. The zero-order chi connectivity index (χ0) is 27.0. The summed E-state index contributed by atoms with van der Waals surface area (Å²) in [4.78, 5) is 32.1. The third-order valence-electron chi connectivity index (χ3n) is 6.06. The van der Waals surface area contributed by atoms with Gasteiger partial charge in [0.05, 0.1) is 40.1 Å². The molecule has 5 rings (SSSR count). The van der Waals surface area contributed by atoms with Crippen LogP contribution in [-0.4, -0.2) is 23.8 Å². The molecule has 9 heteroatoms. The van der Waals surface area contributed by atoms with Gasteiger partial charge >= 0.3 is 5.97 Å². The van der Waals surface area contributed by atoms with Gasteiger partial charge in [0.15, 0.2) is 4.80 Å². The fourth-order valence-electron chi connectivity index (χ4n) is 4.33. The average molecular weight is 549 g/mol. The summed E-state index contributed by atoms with van der Waals surface area (Å²) in [6, 6.07) is 17.6. The van der Waals surface area contributed by atoms with Gasteiger partial charge in [-0.15, -0.1) is 0 Å². The Balaban J connectivity index is 1.64. The Morgan fingerprint density at radius 1 is 1.13 bits per heavy atom.